The third-order valence-corrected chi connectivity index (χ3v) is 2.36. The largest absolute Gasteiger partial charge is 0.460 e. The van der Waals surface area contributed by atoms with Crippen LogP contribution in [0, 0.1) is 0 Å². The quantitative estimate of drug-likeness (QED) is 0.505. The molecular formula is C13H26O6. The number of rotatable bonds is 8. The maximum absolute atomic E-state index is 11.5. The van der Waals surface area contributed by atoms with Crippen LogP contribution in [0.5, 0.6) is 0 Å². The second-order valence-corrected chi connectivity index (χ2v) is 5.47. The molecule has 0 bridgehead atoms. The van der Waals surface area contributed by atoms with Crippen molar-refractivity contribution < 1.29 is 29.2 Å². The molecule has 0 heterocycles. The molecule has 0 aromatic heterocycles. The van der Waals surface area contributed by atoms with Gasteiger partial charge in [0, 0.05) is 20.6 Å². The van der Waals surface area contributed by atoms with E-state index in [4.69, 9.17) is 14.2 Å². The van der Waals surface area contributed by atoms with E-state index >= 15 is 0 Å². The van der Waals surface area contributed by atoms with Gasteiger partial charge in [-0.1, -0.05) is 0 Å². The number of carbonyl (C=O) groups is 1. The maximum atomic E-state index is 11.5. The first-order chi connectivity index (χ1) is 8.67. The fraction of sp³-hybridized carbons (Fsp3) is 0.923. The molecule has 19 heavy (non-hydrogen) atoms. The lowest BCUT2D eigenvalue weighted by Crippen LogP contribution is -2.29. The Hall–Kier alpha value is -0.690. The third-order valence-electron chi connectivity index (χ3n) is 2.36. The van der Waals surface area contributed by atoms with Crippen molar-refractivity contribution in [2.45, 2.75) is 64.1 Å². The van der Waals surface area contributed by atoms with Gasteiger partial charge in [0.15, 0.2) is 6.29 Å². The fourth-order valence-electron chi connectivity index (χ4n) is 1.58. The number of methoxy groups -OCH3 is 2. The molecule has 6 heteroatoms. The first kappa shape index (κ1) is 18.3. The lowest BCUT2D eigenvalue weighted by atomic mass is 10.1. The summed E-state index contributed by atoms with van der Waals surface area (Å²) in [5.41, 5.74) is -0.577. The molecule has 0 spiro atoms. The average Bonchev–Trinajstić information content (AvgIpc) is 2.22. The van der Waals surface area contributed by atoms with Crippen LogP contribution in [-0.2, 0) is 19.0 Å². The van der Waals surface area contributed by atoms with E-state index in [0.717, 1.165) is 0 Å². The van der Waals surface area contributed by atoms with Crippen molar-refractivity contribution in [3.63, 3.8) is 0 Å². The highest BCUT2D eigenvalue weighted by molar-refractivity contribution is 5.70. The molecule has 0 saturated carbocycles. The molecule has 0 aliphatic carbocycles. The zero-order chi connectivity index (χ0) is 15.1. The van der Waals surface area contributed by atoms with Gasteiger partial charge in [-0.3, -0.25) is 4.79 Å². The van der Waals surface area contributed by atoms with Gasteiger partial charge in [0.1, 0.15) is 5.60 Å². The molecule has 0 aromatic carbocycles. The second-order valence-electron chi connectivity index (χ2n) is 5.47. The number of aliphatic hydroxyl groups is 2. The average molecular weight is 278 g/mol. The van der Waals surface area contributed by atoms with Gasteiger partial charge in [0.05, 0.1) is 18.6 Å². The van der Waals surface area contributed by atoms with Crippen LogP contribution in [-0.4, -0.2) is 54.5 Å². The van der Waals surface area contributed by atoms with Crippen LogP contribution in [0.3, 0.4) is 0 Å². The molecule has 114 valence electrons. The number of carbonyl (C=O) groups excluding carboxylic acids is 1. The third kappa shape index (κ3) is 9.84. The van der Waals surface area contributed by atoms with Crippen LogP contribution in [0.1, 0.15) is 40.0 Å². The van der Waals surface area contributed by atoms with Crippen LogP contribution >= 0.6 is 0 Å². The highest BCUT2D eigenvalue weighted by Crippen LogP contribution is 2.13. The zero-order valence-electron chi connectivity index (χ0n) is 12.4. The van der Waals surface area contributed by atoms with E-state index in [0.29, 0.717) is 0 Å². The number of ether oxygens (including phenoxy) is 3. The molecular weight excluding hydrogens is 252 g/mol. The van der Waals surface area contributed by atoms with Gasteiger partial charge in [0.2, 0.25) is 0 Å². The van der Waals surface area contributed by atoms with Crippen molar-refractivity contribution in [1.82, 2.24) is 0 Å². The first-order valence-electron chi connectivity index (χ1n) is 6.31. The Morgan fingerprint density at radius 1 is 1.05 bits per heavy atom. The van der Waals surface area contributed by atoms with Gasteiger partial charge in [0.25, 0.3) is 0 Å². The molecule has 2 N–H and O–H groups in total. The smallest absolute Gasteiger partial charge is 0.308 e. The second kappa shape index (κ2) is 8.47. The van der Waals surface area contributed by atoms with E-state index in [1.54, 1.807) is 20.8 Å². The van der Waals surface area contributed by atoms with E-state index in [2.05, 4.69) is 0 Å². The van der Waals surface area contributed by atoms with Crippen molar-refractivity contribution in [1.29, 1.82) is 0 Å². The minimum atomic E-state index is -0.945. The van der Waals surface area contributed by atoms with E-state index in [1.165, 1.54) is 14.2 Å². The summed E-state index contributed by atoms with van der Waals surface area (Å²) in [5, 5.41) is 19.4. The minimum absolute atomic E-state index is 0.0719. The van der Waals surface area contributed by atoms with Gasteiger partial charge in [-0.15, -0.1) is 0 Å². The fourth-order valence-corrected chi connectivity index (χ4v) is 1.58. The molecule has 2 unspecified atom stereocenters. The van der Waals surface area contributed by atoms with Gasteiger partial charge in [-0.05, 0) is 27.2 Å². The van der Waals surface area contributed by atoms with Gasteiger partial charge in [-0.25, -0.2) is 0 Å². The summed E-state index contributed by atoms with van der Waals surface area (Å²) in [6, 6.07) is 0. The zero-order valence-corrected chi connectivity index (χ0v) is 12.4. The van der Waals surface area contributed by atoms with Crippen molar-refractivity contribution in [3.8, 4) is 0 Å². The first-order valence-corrected chi connectivity index (χ1v) is 6.31. The minimum Gasteiger partial charge on any atom is -0.460 e. The predicted molar refractivity (Wildman–Crippen MR) is 69.5 cm³/mol. The summed E-state index contributed by atoms with van der Waals surface area (Å²) in [5.74, 6) is -0.484. The van der Waals surface area contributed by atoms with E-state index in [-0.39, 0.29) is 19.3 Å². The normalized spacial score (nSPS) is 15.4. The van der Waals surface area contributed by atoms with Gasteiger partial charge in [-0.2, -0.15) is 0 Å². The Balaban J connectivity index is 4.03. The molecule has 2 atom stereocenters. The summed E-state index contributed by atoms with van der Waals surface area (Å²) in [7, 11) is 2.94. The SMILES string of the molecule is COC(CC(O)CC(O)CC(=O)OC(C)(C)C)OC. The molecule has 0 amide bonds. The van der Waals surface area contributed by atoms with Gasteiger partial charge < -0.3 is 24.4 Å². The molecule has 6 nitrogen and oxygen atoms in total. The number of esters is 1. The lowest BCUT2D eigenvalue weighted by Gasteiger charge is -2.22. The van der Waals surface area contributed by atoms with Crippen LogP contribution in [0.15, 0.2) is 0 Å². The number of hydrogen-bond acceptors (Lipinski definition) is 6. The maximum Gasteiger partial charge on any atom is 0.308 e. The van der Waals surface area contributed by atoms with Crippen LogP contribution in [0.25, 0.3) is 0 Å². The van der Waals surface area contributed by atoms with Crippen LogP contribution in [0.2, 0.25) is 0 Å². The summed E-state index contributed by atoms with van der Waals surface area (Å²) in [6.45, 7) is 5.27. The number of hydrogen-bond donors (Lipinski definition) is 2. The highest BCUT2D eigenvalue weighted by atomic mass is 16.7. The monoisotopic (exact) mass is 278 g/mol. The summed E-state index contributed by atoms with van der Waals surface area (Å²) >= 11 is 0. The molecule has 0 aromatic rings. The van der Waals surface area contributed by atoms with Crippen molar-refractivity contribution in [2.24, 2.45) is 0 Å². The molecule has 0 aliphatic rings. The Morgan fingerprint density at radius 2 is 1.58 bits per heavy atom. The van der Waals surface area contributed by atoms with Crippen LogP contribution in [0.4, 0.5) is 0 Å². The van der Waals surface area contributed by atoms with Crippen LogP contribution < -0.4 is 0 Å². The summed E-state index contributed by atoms with van der Waals surface area (Å²) in [6.07, 6.45) is -2.11. The Kier molecular flexibility index (Phi) is 8.17. The Labute approximate surface area is 114 Å². The van der Waals surface area contributed by atoms with Crippen molar-refractivity contribution in [3.05, 3.63) is 0 Å². The molecule has 0 saturated heterocycles. The Morgan fingerprint density at radius 3 is 2.00 bits per heavy atom. The highest BCUT2D eigenvalue weighted by Gasteiger charge is 2.22. The van der Waals surface area contributed by atoms with E-state index < -0.39 is 30.1 Å². The molecule has 0 fully saturated rings. The van der Waals surface area contributed by atoms with E-state index in [1.807, 2.05) is 0 Å². The molecule has 0 aliphatic heterocycles. The summed E-state index contributed by atoms with van der Waals surface area (Å²) < 4.78 is 15.0. The lowest BCUT2D eigenvalue weighted by molar-refractivity contribution is -0.157. The topological polar surface area (TPSA) is 85.2 Å². The number of aliphatic hydroxyl groups excluding tert-OH is 2. The van der Waals surface area contributed by atoms with Crippen molar-refractivity contribution >= 4 is 5.97 Å². The van der Waals surface area contributed by atoms with E-state index in [9.17, 15) is 15.0 Å². The van der Waals surface area contributed by atoms with Crippen molar-refractivity contribution in [2.75, 3.05) is 14.2 Å². The van der Waals surface area contributed by atoms with Gasteiger partial charge >= 0.3 is 5.97 Å². The molecule has 0 radical (unpaired) electrons. The Bertz CT molecular complexity index is 256. The standard InChI is InChI=1S/C13H26O6/c1-13(2,3)19-11(16)7-9(14)6-10(15)8-12(17-4)18-5/h9-10,12,14-15H,6-8H2,1-5H3. The molecule has 0 rings (SSSR count). The summed E-state index contributed by atoms with van der Waals surface area (Å²) in [4.78, 5) is 11.5. The predicted octanol–water partition coefficient (Wildman–Crippen LogP) is 0.839.